The van der Waals surface area contributed by atoms with Gasteiger partial charge >= 0.3 is 0 Å². The van der Waals surface area contributed by atoms with E-state index >= 15 is 0 Å². The van der Waals surface area contributed by atoms with Crippen LogP contribution in [0, 0.1) is 0 Å². The van der Waals surface area contributed by atoms with Crippen molar-refractivity contribution in [3.63, 3.8) is 0 Å². The second-order valence-electron chi connectivity index (χ2n) is 2.88. The molecule has 2 heteroatoms. The van der Waals surface area contributed by atoms with E-state index in [1.54, 1.807) is 7.11 Å². The first-order valence-electron chi connectivity index (χ1n) is 3.82. The van der Waals surface area contributed by atoms with Gasteiger partial charge in [-0.15, -0.1) is 0 Å². The normalized spacial score (nSPS) is 17.4. The molecule has 0 aromatic rings. The molecule has 0 amide bonds. The second kappa shape index (κ2) is 4.69. The van der Waals surface area contributed by atoms with Crippen molar-refractivity contribution < 1.29 is 4.74 Å². The fourth-order valence-electron chi connectivity index (χ4n) is 1.27. The van der Waals surface area contributed by atoms with Crippen LogP contribution in [0.15, 0.2) is 0 Å². The third-order valence-corrected chi connectivity index (χ3v) is 2.00. The Hall–Kier alpha value is -0.0800. The number of hydrogen-bond donors (Lipinski definition) is 0. The first-order valence-corrected chi connectivity index (χ1v) is 3.82. The highest BCUT2D eigenvalue weighted by Crippen LogP contribution is 2.06. The standard InChI is InChI=1S/C8H19NO/c1-6-8(9(3)4)7(2)10-5/h7-8H,6H2,1-5H3/t7-,8+/m1/s1. The maximum atomic E-state index is 5.22. The molecule has 62 valence electrons. The molecule has 2 atom stereocenters. The Balaban J connectivity index is 3.80. The van der Waals surface area contributed by atoms with Gasteiger partial charge in [0.25, 0.3) is 0 Å². The Morgan fingerprint density at radius 1 is 1.40 bits per heavy atom. The van der Waals surface area contributed by atoms with Crippen molar-refractivity contribution in [3.05, 3.63) is 0 Å². The lowest BCUT2D eigenvalue weighted by Gasteiger charge is -2.27. The van der Waals surface area contributed by atoms with Crippen LogP contribution in [0.25, 0.3) is 0 Å². The molecule has 0 saturated carbocycles. The van der Waals surface area contributed by atoms with Crippen LogP contribution in [0.4, 0.5) is 0 Å². The highest BCUT2D eigenvalue weighted by molar-refractivity contribution is 4.70. The van der Waals surface area contributed by atoms with Gasteiger partial charge in [-0.3, -0.25) is 0 Å². The zero-order chi connectivity index (χ0) is 8.15. The summed E-state index contributed by atoms with van der Waals surface area (Å²) < 4.78 is 5.22. The Morgan fingerprint density at radius 3 is 2.00 bits per heavy atom. The average Bonchev–Trinajstić information content (AvgIpc) is 1.88. The minimum absolute atomic E-state index is 0.333. The molecule has 0 fully saturated rings. The molecule has 0 spiro atoms. The second-order valence-corrected chi connectivity index (χ2v) is 2.88. The Bertz CT molecular complexity index is 83.3. The first-order chi connectivity index (χ1) is 4.63. The molecule has 0 aromatic carbocycles. The predicted octanol–water partition coefficient (Wildman–Crippen LogP) is 1.36. The molecule has 0 unspecified atom stereocenters. The molecular formula is C8H19NO. The van der Waals surface area contributed by atoms with Crippen molar-refractivity contribution >= 4 is 0 Å². The van der Waals surface area contributed by atoms with Crippen LogP contribution < -0.4 is 0 Å². The monoisotopic (exact) mass is 145 g/mol. The van der Waals surface area contributed by atoms with Gasteiger partial charge in [-0.25, -0.2) is 0 Å². The van der Waals surface area contributed by atoms with Crippen molar-refractivity contribution in [2.75, 3.05) is 21.2 Å². The van der Waals surface area contributed by atoms with Crippen molar-refractivity contribution in [3.8, 4) is 0 Å². The van der Waals surface area contributed by atoms with Gasteiger partial charge in [0.1, 0.15) is 0 Å². The summed E-state index contributed by atoms with van der Waals surface area (Å²) >= 11 is 0. The fraction of sp³-hybridized carbons (Fsp3) is 1.00. The molecule has 0 heterocycles. The predicted molar refractivity (Wildman–Crippen MR) is 44.2 cm³/mol. The molecular weight excluding hydrogens is 126 g/mol. The topological polar surface area (TPSA) is 12.5 Å². The quantitative estimate of drug-likeness (QED) is 0.592. The summed E-state index contributed by atoms with van der Waals surface area (Å²) in [6.07, 6.45) is 1.47. The highest BCUT2D eigenvalue weighted by Gasteiger charge is 2.15. The summed E-state index contributed by atoms with van der Waals surface area (Å²) in [4.78, 5) is 2.20. The number of methoxy groups -OCH3 is 1. The SMILES string of the molecule is CC[C@@H]([C@@H](C)OC)N(C)C. The summed E-state index contributed by atoms with van der Waals surface area (Å²) in [6, 6.07) is 0.546. The summed E-state index contributed by atoms with van der Waals surface area (Å²) in [5.74, 6) is 0. The molecule has 2 nitrogen and oxygen atoms in total. The van der Waals surface area contributed by atoms with Crippen LogP contribution in [0.5, 0.6) is 0 Å². The van der Waals surface area contributed by atoms with E-state index in [4.69, 9.17) is 4.74 Å². The lowest BCUT2D eigenvalue weighted by Crippen LogP contribution is -2.37. The van der Waals surface area contributed by atoms with Crippen molar-refractivity contribution in [2.24, 2.45) is 0 Å². The molecule has 10 heavy (non-hydrogen) atoms. The minimum Gasteiger partial charge on any atom is -0.380 e. The van der Waals surface area contributed by atoms with Crippen LogP contribution in [0.1, 0.15) is 20.3 Å². The maximum absolute atomic E-state index is 5.22. The van der Waals surface area contributed by atoms with Gasteiger partial charge in [0.15, 0.2) is 0 Å². The number of rotatable bonds is 4. The Labute approximate surface area is 64.2 Å². The molecule has 0 radical (unpaired) electrons. The van der Waals surface area contributed by atoms with E-state index in [0.29, 0.717) is 12.1 Å². The van der Waals surface area contributed by atoms with Gasteiger partial charge in [0.05, 0.1) is 6.10 Å². The van der Waals surface area contributed by atoms with Gasteiger partial charge in [0.2, 0.25) is 0 Å². The molecule has 0 saturated heterocycles. The Kier molecular flexibility index (Phi) is 4.65. The summed E-state index contributed by atoms with van der Waals surface area (Å²) in [6.45, 7) is 4.29. The van der Waals surface area contributed by atoms with Crippen LogP contribution in [0.2, 0.25) is 0 Å². The summed E-state index contributed by atoms with van der Waals surface area (Å²) in [5.41, 5.74) is 0. The summed E-state index contributed by atoms with van der Waals surface area (Å²) in [7, 11) is 5.93. The van der Waals surface area contributed by atoms with E-state index in [2.05, 4.69) is 32.8 Å². The lowest BCUT2D eigenvalue weighted by molar-refractivity contribution is 0.0438. The van der Waals surface area contributed by atoms with Crippen molar-refractivity contribution in [1.82, 2.24) is 4.90 Å². The maximum Gasteiger partial charge on any atom is 0.0698 e. The lowest BCUT2D eigenvalue weighted by atomic mass is 10.1. The molecule has 0 aliphatic carbocycles. The van der Waals surface area contributed by atoms with Crippen LogP contribution in [-0.2, 0) is 4.74 Å². The molecule has 0 aliphatic rings. The van der Waals surface area contributed by atoms with Crippen LogP contribution in [-0.4, -0.2) is 38.3 Å². The molecule has 0 N–H and O–H groups in total. The van der Waals surface area contributed by atoms with Crippen molar-refractivity contribution in [1.29, 1.82) is 0 Å². The largest absolute Gasteiger partial charge is 0.380 e. The van der Waals surface area contributed by atoms with E-state index in [9.17, 15) is 0 Å². The smallest absolute Gasteiger partial charge is 0.0698 e. The average molecular weight is 145 g/mol. The van der Waals surface area contributed by atoms with E-state index in [1.807, 2.05) is 0 Å². The van der Waals surface area contributed by atoms with Crippen LogP contribution in [0.3, 0.4) is 0 Å². The minimum atomic E-state index is 0.333. The molecule has 0 bridgehead atoms. The molecule has 0 aromatic heterocycles. The highest BCUT2D eigenvalue weighted by atomic mass is 16.5. The number of likely N-dealkylation sites (N-methyl/N-ethyl adjacent to an activating group) is 1. The van der Waals surface area contributed by atoms with E-state index in [-0.39, 0.29) is 0 Å². The number of ether oxygens (including phenoxy) is 1. The van der Waals surface area contributed by atoms with Gasteiger partial charge < -0.3 is 9.64 Å². The van der Waals surface area contributed by atoms with Crippen molar-refractivity contribution in [2.45, 2.75) is 32.4 Å². The van der Waals surface area contributed by atoms with Gasteiger partial charge in [-0.05, 0) is 27.4 Å². The Morgan fingerprint density at radius 2 is 1.90 bits per heavy atom. The third-order valence-electron chi connectivity index (χ3n) is 2.00. The van der Waals surface area contributed by atoms with E-state index < -0.39 is 0 Å². The fourth-order valence-corrected chi connectivity index (χ4v) is 1.27. The molecule has 0 aliphatic heterocycles. The number of hydrogen-bond acceptors (Lipinski definition) is 2. The van der Waals surface area contributed by atoms with Gasteiger partial charge in [-0.2, -0.15) is 0 Å². The van der Waals surface area contributed by atoms with Gasteiger partial charge in [0, 0.05) is 13.2 Å². The number of nitrogens with zero attached hydrogens (tertiary/aromatic N) is 1. The van der Waals surface area contributed by atoms with E-state index in [1.165, 1.54) is 0 Å². The first kappa shape index (κ1) is 9.92. The van der Waals surface area contributed by atoms with E-state index in [0.717, 1.165) is 6.42 Å². The van der Waals surface area contributed by atoms with Crippen LogP contribution >= 0.6 is 0 Å². The van der Waals surface area contributed by atoms with Gasteiger partial charge in [-0.1, -0.05) is 6.92 Å². The zero-order valence-corrected chi connectivity index (χ0v) is 7.72. The third kappa shape index (κ3) is 2.67. The zero-order valence-electron chi connectivity index (χ0n) is 7.72. The summed E-state index contributed by atoms with van der Waals surface area (Å²) in [5, 5.41) is 0. The molecule has 0 rings (SSSR count).